The Labute approximate surface area is 160 Å². The molecule has 0 aliphatic carbocycles. The number of benzene rings is 2. The van der Waals surface area contributed by atoms with Crippen LogP contribution < -0.4 is 5.32 Å². The molecular formula is C22H23N3S. The normalized spacial score (nSPS) is 16.2. The molecule has 2 aromatic carbocycles. The maximum absolute atomic E-state index is 5.80. The van der Waals surface area contributed by atoms with Crippen molar-refractivity contribution >= 4 is 23.0 Å². The first-order valence-electron chi connectivity index (χ1n) is 8.98. The molecule has 2 heterocycles. The van der Waals surface area contributed by atoms with Gasteiger partial charge in [-0.25, -0.2) is 0 Å². The van der Waals surface area contributed by atoms with Gasteiger partial charge in [0.2, 0.25) is 0 Å². The second-order valence-corrected chi connectivity index (χ2v) is 7.32. The average molecular weight is 362 g/mol. The van der Waals surface area contributed by atoms with E-state index in [9.17, 15) is 0 Å². The van der Waals surface area contributed by atoms with Crippen LogP contribution >= 0.6 is 12.2 Å². The SMILES string of the molecule is Cc1ccc(NC(=S)N2CCn3cccc3[C@H]2c2ccc(C)cc2)cc1. The molecule has 0 saturated carbocycles. The van der Waals surface area contributed by atoms with Gasteiger partial charge in [-0.15, -0.1) is 0 Å². The first-order valence-corrected chi connectivity index (χ1v) is 9.38. The highest BCUT2D eigenvalue weighted by molar-refractivity contribution is 7.80. The Hall–Kier alpha value is -2.59. The molecule has 4 rings (SSSR count). The fraction of sp³-hybridized carbons (Fsp3) is 0.227. The van der Waals surface area contributed by atoms with Crippen LogP contribution in [-0.2, 0) is 6.54 Å². The largest absolute Gasteiger partial charge is 0.348 e. The molecule has 1 aliphatic rings. The molecule has 0 saturated heterocycles. The fourth-order valence-corrected chi connectivity index (χ4v) is 3.85. The third-order valence-corrected chi connectivity index (χ3v) is 5.33. The molecule has 4 heteroatoms. The first kappa shape index (κ1) is 16.9. The van der Waals surface area contributed by atoms with Crippen molar-refractivity contribution in [3.05, 3.63) is 89.2 Å². The summed E-state index contributed by atoms with van der Waals surface area (Å²) >= 11 is 5.80. The maximum atomic E-state index is 5.80. The van der Waals surface area contributed by atoms with Gasteiger partial charge in [0.05, 0.1) is 6.04 Å². The standard InChI is InChI=1S/C22H23N3S/c1-16-5-9-18(10-6-16)21-20-4-3-13-24(20)14-15-25(21)22(26)23-19-11-7-17(2)8-12-19/h3-13,21H,14-15H2,1-2H3,(H,23,26)/t21-/m1/s1. The number of aryl methyl sites for hydroxylation is 2. The van der Waals surface area contributed by atoms with E-state index < -0.39 is 0 Å². The van der Waals surface area contributed by atoms with Crippen LogP contribution in [0.1, 0.15) is 28.4 Å². The summed E-state index contributed by atoms with van der Waals surface area (Å²) in [7, 11) is 0. The molecule has 3 nitrogen and oxygen atoms in total. The topological polar surface area (TPSA) is 20.2 Å². The fourth-order valence-electron chi connectivity index (χ4n) is 3.53. The molecule has 1 N–H and O–H groups in total. The third-order valence-electron chi connectivity index (χ3n) is 5.00. The van der Waals surface area contributed by atoms with E-state index in [0.717, 1.165) is 23.9 Å². The van der Waals surface area contributed by atoms with E-state index in [1.807, 2.05) is 0 Å². The van der Waals surface area contributed by atoms with Crippen LogP contribution in [0.4, 0.5) is 5.69 Å². The summed E-state index contributed by atoms with van der Waals surface area (Å²) in [6.07, 6.45) is 2.16. The van der Waals surface area contributed by atoms with Gasteiger partial charge in [-0.1, -0.05) is 47.5 Å². The van der Waals surface area contributed by atoms with E-state index in [0.29, 0.717) is 0 Å². The summed E-state index contributed by atoms with van der Waals surface area (Å²) in [5.41, 5.74) is 6.10. The monoisotopic (exact) mass is 361 g/mol. The van der Waals surface area contributed by atoms with Crippen LogP contribution in [0.3, 0.4) is 0 Å². The van der Waals surface area contributed by atoms with Crippen molar-refractivity contribution in [1.82, 2.24) is 9.47 Å². The number of rotatable bonds is 2. The van der Waals surface area contributed by atoms with Gasteiger partial charge in [-0.05, 0) is 55.9 Å². The van der Waals surface area contributed by atoms with Crippen LogP contribution in [0.15, 0.2) is 66.9 Å². The summed E-state index contributed by atoms with van der Waals surface area (Å²) in [6, 6.07) is 21.6. The minimum Gasteiger partial charge on any atom is -0.348 e. The van der Waals surface area contributed by atoms with E-state index in [4.69, 9.17) is 12.2 Å². The van der Waals surface area contributed by atoms with E-state index in [1.165, 1.54) is 22.4 Å². The summed E-state index contributed by atoms with van der Waals surface area (Å²) in [5, 5.41) is 4.19. The molecule has 0 amide bonds. The lowest BCUT2D eigenvalue weighted by atomic mass is 9.99. The lowest BCUT2D eigenvalue weighted by Crippen LogP contribution is -2.44. The number of hydrogen-bond donors (Lipinski definition) is 1. The molecule has 1 aliphatic heterocycles. The predicted octanol–water partition coefficient (Wildman–Crippen LogP) is 4.91. The Morgan fingerprint density at radius 1 is 0.923 bits per heavy atom. The van der Waals surface area contributed by atoms with Gasteiger partial charge >= 0.3 is 0 Å². The van der Waals surface area contributed by atoms with Crippen molar-refractivity contribution in [3.63, 3.8) is 0 Å². The number of nitrogens with zero attached hydrogens (tertiary/aromatic N) is 2. The van der Waals surface area contributed by atoms with Crippen molar-refractivity contribution in [1.29, 1.82) is 0 Å². The lowest BCUT2D eigenvalue weighted by molar-refractivity contribution is 0.293. The molecule has 0 unspecified atom stereocenters. The van der Waals surface area contributed by atoms with Gasteiger partial charge in [-0.3, -0.25) is 0 Å². The van der Waals surface area contributed by atoms with E-state index in [-0.39, 0.29) is 6.04 Å². The zero-order chi connectivity index (χ0) is 18.1. The van der Waals surface area contributed by atoms with Gasteiger partial charge in [0.25, 0.3) is 0 Å². The highest BCUT2D eigenvalue weighted by Crippen LogP contribution is 2.33. The summed E-state index contributed by atoms with van der Waals surface area (Å²) in [6.45, 7) is 6.04. The van der Waals surface area contributed by atoms with Crippen molar-refractivity contribution in [2.45, 2.75) is 26.4 Å². The number of thiocarbonyl (C=S) groups is 1. The van der Waals surface area contributed by atoms with Crippen molar-refractivity contribution in [3.8, 4) is 0 Å². The van der Waals surface area contributed by atoms with E-state index in [2.05, 4.69) is 95.5 Å². The highest BCUT2D eigenvalue weighted by Gasteiger charge is 2.30. The Morgan fingerprint density at radius 2 is 1.58 bits per heavy atom. The number of nitrogens with one attached hydrogen (secondary N) is 1. The summed E-state index contributed by atoms with van der Waals surface area (Å²) in [5.74, 6) is 0. The molecule has 1 atom stereocenters. The number of aromatic nitrogens is 1. The van der Waals surface area contributed by atoms with Crippen molar-refractivity contribution < 1.29 is 0 Å². The van der Waals surface area contributed by atoms with Crippen LogP contribution in [-0.4, -0.2) is 21.1 Å². The number of anilines is 1. The first-order chi connectivity index (χ1) is 12.6. The zero-order valence-corrected chi connectivity index (χ0v) is 16.0. The lowest BCUT2D eigenvalue weighted by Gasteiger charge is -2.39. The zero-order valence-electron chi connectivity index (χ0n) is 15.1. The van der Waals surface area contributed by atoms with Crippen LogP contribution in [0.2, 0.25) is 0 Å². The molecule has 26 heavy (non-hydrogen) atoms. The average Bonchev–Trinajstić information content (AvgIpc) is 3.12. The summed E-state index contributed by atoms with van der Waals surface area (Å²) < 4.78 is 2.33. The van der Waals surface area contributed by atoms with Gasteiger partial charge in [-0.2, -0.15) is 0 Å². The molecule has 0 spiro atoms. The second kappa shape index (κ2) is 6.96. The third kappa shape index (κ3) is 3.25. The molecule has 0 fully saturated rings. The minimum atomic E-state index is 0.129. The molecule has 3 aromatic rings. The Kier molecular flexibility index (Phi) is 4.51. The van der Waals surface area contributed by atoms with Crippen LogP contribution in [0.25, 0.3) is 0 Å². The Balaban J connectivity index is 1.66. The van der Waals surface area contributed by atoms with Gasteiger partial charge in [0.1, 0.15) is 0 Å². The molecule has 0 bridgehead atoms. The predicted molar refractivity (Wildman–Crippen MR) is 112 cm³/mol. The van der Waals surface area contributed by atoms with E-state index >= 15 is 0 Å². The van der Waals surface area contributed by atoms with Gasteiger partial charge in [0, 0.05) is 30.7 Å². The molecule has 1 aromatic heterocycles. The molecular weight excluding hydrogens is 338 g/mol. The second-order valence-electron chi connectivity index (χ2n) is 6.93. The van der Waals surface area contributed by atoms with Gasteiger partial charge < -0.3 is 14.8 Å². The highest BCUT2D eigenvalue weighted by atomic mass is 32.1. The maximum Gasteiger partial charge on any atom is 0.174 e. The summed E-state index contributed by atoms with van der Waals surface area (Å²) in [4.78, 5) is 2.30. The van der Waals surface area contributed by atoms with Gasteiger partial charge in [0.15, 0.2) is 5.11 Å². The van der Waals surface area contributed by atoms with Crippen LogP contribution in [0, 0.1) is 13.8 Å². The molecule has 132 valence electrons. The molecule has 0 radical (unpaired) electrons. The Morgan fingerprint density at radius 3 is 2.27 bits per heavy atom. The van der Waals surface area contributed by atoms with Crippen molar-refractivity contribution in [2.75, 3.05) is 11.9 Å². The number of fused-ring (bicyclic) bond motifs is 1. The van der Waals surface area contributed by atoms with E-state index in [1.54, 1.807) is 0 Å². The quantitative estimate of drug-likeness (QED) is 0.655. The van der Waals surface area contributed by atoms with Crippen molar-refractivity contribution in [2.24, 2.45) is 0 Å². The number of hydrogen-bond acceptors (Lipinski definition) is 1. The minimum absolute atomic E-state index is 0.129. The van der Waals surface area contributed by atoms with Crippen LogP contribution in [0.5, 0.6) is 0 Å². The Bertz CT molecular complexity index is 909. The smallest absolute Gasteiger partial charge is 0.174 e.